The third-order valence-electron chi connectivity index (χ3n) is 7.75. The van der Waals surface area contributed by atoms with E-state index in [1.807, 2.05) is 0 Å². The van der Waals surface area contributed by atoms with Gasteiger partial charge in [0.05, 0.1) is 0 Å². The average molecular weight is 746 g/mol. The molecule has 19 nitrogen and oxygen atoms in total. The Labute approximate surface area is 305 Å². The molecule has 0 fully saturated rings. The summed E-state index contributed by atoms with van der Waals surface area (Å²) >= 11 is 0. The van der Waals surface area contributed by atoms with Gasteiger partial charge in [-0.05, 0) is 42.4 Å². The van der Waals surface area contributed by atoms with E-state index >= 15 is 0 Å². The van der Waals surface area contributed by atoms with Crippen LogP contribution in [0.2, 0.25) is 0 Å². The summed E-state index contributed by atoms with van der Waals surface area (Å²) in [5.74, 6) is -5.88. The molecule has 0 saturated heterocycles. The van der Waals surface area contributed by atoms with Crippen LogP contribution in [-0.2, 0) is 49.6 Å². The summed E-state index contributed by atoms with van der Waals surface area (Å²) in [5.41, 5.74) is 5.91. The van der Waals surface area contributed by atoms with E-state index in [2.05, 4.69) is 26.6 Å². The Kier molecular flexibility index (Phi) is 16.9. The van der Waals surface area contributed by atoms with Gasteiger partial charge >= 0.3 is 18.2 Å². The zero-order valence-electron chi connectivity index (χ0n) is 30.1. The van der Waals surface area contributed by atoms with Crippen LogP contribution < -0.4 is 32.3 Å². The molecular weight excluding hydrogens is 698 g/mol. The fourth-order valence-electron chi connectivity index (χ4n) is 4.99. The number of urea groups is 1. The maximum Gasteiger partial charge on any atom is 0.508 e. The Morgan fingerprint density at radius 2 is 1.47 bits per heavy atom. The molecule has 0 spiro atoms. The van der Waals surface area contributed by atoms with Crippen molar-refractivity contribution in [2.24, 2.45) is 17.6 Å². The molecule has 19 heteroatoms. The van der Waals surface area contributed by atoms with E-state index in [1.54, 1.807) is 27.7 Å². The third-order valence-corrected chi connectivity index (χ3v) is 7.75. The monoisotopic (exact) mass is 745 g/mol. The number of hydrogen-bond acceptors (Lipinski definition) is 11. The lowest BCUT2D eigenvalue weighted by Gasteiger charge is -2.27. The molecule has 53 heavy (non-hydrogen) atoms. The minimum atomic E-state index is -1.49. The maximum atomic E-state index is 13.4. The topological polar surface area (TPSA) is 282 Å². The fourth-order valence-corrected chi connectivity index (χ4v) is 4.99. The van der Waals surface area contributed by atoms with E-state index in [9.17, 15) is 48.3 Å². The van der Waals surface area contributed by atoms with Gasteiger partial charge in [-0.3, -0.25) is 33.7 Å². The first kappa shape index (κ1) is 43.2. The first-order chi connectivity index (χ1) is 24.9. The minimum Gasteiger partial charge on any atom is -0.480 e. The van der Waals surface area contributed by atoms with Gasteiger partial charge < -0.3 is 46.9 Å². The van der Waals surface area contributed by atoms with Gasteiger partial charge in [0.15, 0.2) is 6.04 Å². The van der Waals surface area contributed by atoms with Crippen LogP contribution in [0.3, 0.4) is 0 Å². The predicted octanol–water partition coefficient (Wildman–Crippen LogP) is 0.281. The lowest BCUT2D eigenvalue weighted by Crippen LogP contribution is -2.54. The number of carboxylic acids is 1. The number of aliphatic carboxylic acids is 1. The van der Waals surface area contributed by atoms with Crippen molar-refractivity contribution in [2.45, 2.75) is 84.7 Å². The summed E-state index contributed by atoms with van der Waals surface area (Å²) in [6.45, 7) is 7.38. The summed E-state index contributed by atoms with van der Waals surface area (Å²) in [7, 11) is 0. The number of hydrogen-bond donors (Lipinski definition) is 7. The van der Waals surface area contributed by atoms with Gasteiger partial charge in [-0.15, -0.1) is 0 Å². The summed E-state index contributed by atoms with van der Waals surface area (Å²) in [5, 5.41) is 22.1. The lowest BCUT2D eigenvalue weighted by atomic mass is 9.99. The highest BCUT2D eigenvalue weighted by atomic mass is 16.7. The SMILES string of the molecule is CC(=O)NC(C(=O)O)C(OC(=O)OCc1ccc(NC(=O)C(CCCNC(N)=O)NC(=O)C(NC(=O)CCN2C(=O)C=CC2=O)C(C)C)cc1)C(C)C. The number of nitrogens with zero attached hydrogens (tertiary/aromatic N) is 1. The number of benzene rings is 1. The van der Waals surface area contributed by atoms with E-state index in [-0.39, 0.29) is 39.0 Å². The van der Waals surface area contributed by atoms with Gasteiger partial charge in [0.1, 0.15) is 24.8 Å². The first-order valence-electron chi connectivity index (χ1n) is 16.8. The summed E-state index contributed by atoms with van der Waals surface area (Å²) in [4.78, 5) is 111. The van der Waals surface area contributed by atoms with Gasteiger partial charge in [-0.1, -0.05) is 39.8 Å². The number of carboxylic acid groups (broad SMARTS) is 1. The standard InChI is InChI=1S/C34H47N7O12/c1-18(2)27(40-24(43)14-16-41-25(44)12-13-26(41)45)31(47)39-23(7-6-15-36-33(35)50)30(46)38-22-10-8-21(9-11-22)17-52-34(51)53-29(19(3)4)28(32(48)49)37-20(5)42/h8-13,18-19,23,27-29H,6-7,14-17H2,1-5H3,(H,37,42)(H,38,46)(H,39,47)(H,40,43)(H,48,49)(H3,35,36,50). The molecule has 0 saturated carbocycles. The van der Waals surface area contributed by atoms with E-state index in [1.165, 1.54) is 24.3 Å². The molecule has 0 aliphatic carbocycles. The molecule has 0 bridgehead atoms. The van der Waals surface area contributed by atoms with Crippen molar-refractivity contribution >= 4 is 59.3 Å². The number of primary amides is 1. The molecule has 1 aromatic carbocycles. The molecular formula is C34H47N7O12. The van der Waals surface area contributed by atoms with E-state index < -0.39 is 89.7 Å². The van der Waals surface area contributed by atoms with Crippen molar-refractivity contribution in [1.29, 1.82) is 0 Å². The van der Waals surface area contributed by atoms with Crippen molar-refractivity contribution in [1.82, 2.24) is 26.2 Å². The summed E-state index contributed by atoms with van der Waals surface area (Å²) in [6.07, 6.45) is -0.120. The number of nitrogens with one attached hydrogen (secondary N) is 5. The van der Waals surface area contributed by atoms with Crippen molar-refractivity contribution in [3.05, 3.63) is 42.0 Å². The van der Waals surface area contributed by atoms with Crippen molar-refractivity contribution in [2.75, 3.05) is 18.4 Å². The zero-order valence-corrected chi connectivity index (χ0v) is 30.1. The molecule has 0 aromatic heterocycles. The van der Waals surface area contributed by atoms with E-state index in [0.29, 0.717) is 11.3 Å². The highest BCUT2D eigenvalue weighted by molar-refractivity contribution is 6.13. The largest absolute Gasteiger partial charge is 0.508 e. The van der Waals surface area contributed by atoms with Crippen molar-refractivity contribution in [3.8, 4) is 0 Å². The van der Waals surface area contributed by atoms with Crippen molar-refractivity contribution < 1.29 is 57.7 Å². The Bertz CT molecular complexity index is 1540. The summed E-state index contributed by atoms with van der Waals surface area (Å²) < 4.78 is 10.3. The number of rotatable bonds is 20. The molecule has 290 valence electrons. The van der Waals surface area contributed by atoms with E-state index in [4.69, 9.17) is 15.2 Å². The molecule has 8 amide bonds. The average Bonchev–Trinajstić information content (AvgIpc) is 3.40. The van der Waals surface area contributed by atoms with Crippen LogP contribution in [0.4, 0.5) is 15.3 Å². The zero-order chi connectivity index (χ0) is 39.8. The Morgan fingerprint density at radius 1 is 0.849 bits per heavy atom. The molecule has 1 aliphatic heterocycles. The Hall–Kier alpha value is -6.01. The van der Waals surface area contributed by atoms with Gasteiger partial charge in [-0.25, -0.2) is 14.4 Å². The second-order valence-corrected chi connectivity index (χ2v) is 12.8. The van der Waals surface area contributed by atoms with E-state index in [0.717, 1.165) is 24.0 Å². The van der Waals surface area contributed by atoms with Crippen LogP contribution >= 0.6 is 0 Å². The predicted molar refractivity (Wildman–Crippen MR) is 186 cm³/mol. The van der Waals surface area contributed by atoms with Crippen LogP contribution in [0.25, 0.3) is 0 Å². The molecule has 4 atom stereocenters. The normalized spacial score (nSPS) is 14.5. The lowest BCUT2D eigenvalue weighted by molar-refractivity contribution is -0.146. The maximum absolute atomic E-state index is 13.4. The number of carbonyl (C=O) groups is 9. The summed E-state index contributed by atoms with van der Waals surface area (Å²) in [6, 6.07) is 1.62. The number of anilines is 1. The van der Waals surface area contributed by atoms with Gasteiger partial charge in [0.2, 0.25) is 23.6 Å². The third kappa shape index (κ3) is 14.6. The highest BCUT2D eigenvalue weighted by Crippen LogP contribution is 2.16. The quantitative estimate of drug-likeness (QED) is 0.0539. The van der Waals surface area contributed by atoms with Gasteiger partial charge in [-0.2, -0.15) is 0 Å². The molecule has 1 heterocycles. The second kappa shape index (κ2) is 20.7. The van der Waals surface area contributed by atoms with Crippen LogP contribution in [0, 0.1) is 11.8 Å². The molecule has 2 rings (SSSR count). The number of imide groups is 1. The Balaban J connectivity index is 2.05. The molecule has 8 N–H and O–H groups in total. The number of carbonyl (C=O) groups excluding carboxylic acids is 8. The van der Waals surface area contributed by atoms with Gasteiger partial charge in [0, 0.05) is 44.3 Å². The van der Waals surface area contributed by atoms with Gasteiger partial charge in [0.25, 0.3) is 11.8 Å². The first-order valence-corrected chi connectivity index (χ1v) is 16.8. The molecule has 1 aromatic rings. The number of ether oxygens (including phenoxy) is 2. The minimum absolute atomic E-state index is 0.0683. The number of nitrogens with two attached hydrogens (primary N) is 1. The fraction of sp³-hybridized carbons (Fsp3) is 0.500. The van der Waals surface area contributed by atoms with Crippen molar-refractivity contribution in [3.63, 3.8) is 0 Å². The van der Waals surface area contributed by atoms with Crippen LogP contribution in [0.5, 0.6) is 0 Å². The highest BCUT2D eigenvalue weighted by Gasteiger charge is 2.35. The molecule has 4 unspecified atom stereocenters. The molecule has 0 radical (unpaired) electrons. The van der Waals surface area contributed by atoms with Crippen LogP contribution in [-0.4, -0.2) is 101 Å². The number of amides is 8. The van der Waals surface area contributed by atoms with Crippen LogP contribution in [0.1, 0.15) is 59.4 Å². The second-order valence-electron chi connectivity index (χ2n) is 12.8. The van der Waals surface area contributed by atoms with Crippen LogP contribution in [0.15, 0.2) is 36.4 Å². The molecule has 1 aliphatic rings. The smallest absolute Gasteiger partial charge is 0.480 e. The Morgan fingerprint density at radius 3 is 2.00 bits per heavy atom.